The highest BCUT2D eigenvalue weighted by Crippen LogP contribution is 2.25. The molecular weight excluding hydrogens is 281 g/mol. The summed E-state index contributed by atoms with van der Waals surface area (Å²) >= 11 is 0. The number of nitrogens with one attached hydrogen (secondary N) is 1. The molecule has 0 aliphatic carbocycles. The smallest absolute Gasteiger partial charge is 0.262 e. The van der Waals surface area contributed by atoms with Gasteiger partial charge in [0, 0.05) is 6.07 Å². The van der Waals surface area contributed by atoms with Gasteiger partial charge in [-0.3, -0.25) is 4.72 Å². The molecule has 4 nitrogen and oxygen atoms in total. The number of hydrogen-bond acceptors (Lipinski definition) is 3. The average Bonchev–Trinajstić information content (AvgIpc) is 2.41. The summed E-state index contributed by atoms with van der Waals surface area (Å²) in [7, 11) is -2.41. The van der Waals surface area contributed by atoms with Crippen LogP contribution in [0, 0.1) is 12.7 Å². The molecule has 0 aliphatic heterocycles. The molecule has 0 aliphatic rings. The van der Waals surface area contributed by atoms with Gasteiger partial charge in [-0.05, 0) is 30.7 Å². The number of anilines is 1. The number of rotatable bonds is 4. The fourth-order valence-corrected chi connectivity index (χ4v) is 3.07. The van der Waals surface area contributed by atoms with Gasteiger partial charge in [-0.15, -0.1) is 0 Å². The molecule has 2 aromatic rings. The van der Waals surface area contributed by atoms with Gasteiger partial charge in [-0.25, -0.2) is 12.8 Å². The van der Waals surface area contributed by atoms with Crippen molar-refractivity contribution >= 4 is 15.7 Å². The lowest BCUT2D eigenvalue weighted by atomic mass is 10.2. The van der Waals surface area contributed by atoms with E-state index in [1.165, 1.54) is 25.3 Å². The van der Waals surface area contributed by atoms with Crippen LogP contribution in [0.1, 0.15) is 5.56 Å². The summed E-state index contributed by atoms with van der Waals surface area (Å²) in [4.78, 5) is 0.113. The molecule has 1 N–H and O–H groups in total. The number of hydrogen-bond donors (Lipinski definition) is 1. The predicted octanol–water partition coefficient (Wildman–Crippen LogP) is 2.94. The van der Waals surface area contributed by atoms with Gasteiger partial charge in [0.05, 0.1) is 17.7 Å². The maximum Gasteiger partial charge on any atom is 0.262 e. The molecular formula is C14H14FNO3S. The second kappa shape index (κ2) is 5.50. The van der Waals surface area contributed by atoms with Crippen LogP contribution in [-0.4, -0.2) is 15.5 Å². The summed E-state index contributed by atoms with van der Waals surface area (Å²) < 4.78 is 45.4. The van der Waals surface area contributed by atoms with Crippen molar-refractivity contribution in [3.8, 4) is 5.75 Å². The Labute approximate surface area is 117 Å². The second-order valence-electron chi connectivity index (χ2n) is 4.22. The number of sulfonamides is 1. The summed E-state index contributed by atoms with van der Waals surface area (Å²) in [5, 5.41) is 0. The molecule has 20 heavy (non-hydrogen) atoms. The van der Waals surface area contributed by atoms with Crippen LogP contribution >= 0.6 is 0 Å². The van der Waals surface area contributed by atoms with Crippen LogP contribution in [-0.2, 0) is 10.0 Å². The first-order valence-electron chi connectivity index (χ1n) is 5.86. The van der Waals surface area contributed by atoms with Crippen molar-refractivity contribution in [1.29, 1.82) is 0 Å². The molecule has 0 fully saturated rings. The van der Waals surface area contributed by atoms with E-state index in [2.05, 4.69) is 4.72 Å². The van der Waals surface area contributed by atoms with Crippen LogP contribution in [0.2, 0.25) is 0 Å². The van der Waals surface area contributed by atoms with Crippen LogP contribution in [0.25, 0.3) is 0 Å². The van der Waals surface area contributed by atoms with Gasteiger partial charge in [-0.1, -0.05) is 18.2 Å². The van der Waals surface area contributed by atoms with Gasteiger partial charge in [0.15, 0.2) is 0 Å². The van der Waals surface area contributed by atoms with Crippen LogP contribution in [0.4, 0.5) is 10.1 Å². The minimum atomic E-state index is -3.84. The fraction of sp³-hybridized carbons (Fsp3) is 0.143. The normalized spacial score (nSPS) is 11.2. The Morgan fingerprint density at radius 3 is 2.50 bits per heavy atom. The van der Waals surface area contributed by atoms with Gasteiger partial charge in [0.1, 0.15) is 11.6 Å². The number of aryl methyl sites for hydroxylation is 1. The molecule has 0 unspecified atom stereocenters. The molecule has 0 amide bonds. The third-order valence-electron chi connectivity index (χ3n) is 2.80. The Bertz CT molecular complexity index is 729. The van der Waals surface area contributed by atoms with E-state index in [4.69, 9.17) is 4.74 Å². The van der Waals surface area contributed by atoms with Crippen molar-refractivity contribution in [3.63, 3.8) is 0 Å². The van der Waals surface area contributed by atoms with E-state index in [-0.39, 0.29) is 10.6 Å². The summed E-state index contributed by atoms with van der Waals surface area (Å²) in [6.45, 7) is 1.68. The van der Waals surface area contributed by atoms with Gasteiger partial charge in [0.25, 0.3) is 10.0 Å². The Balaban J connectivity index is 2.41. The Morgan fingerprint density at radius 2 is 1.85 bits per heavy atom. The van der Waals surface area contributed by atoms with Gasteiger partial charge in [-0.2, -0.15) is 0 Å². The Kier molecular flexibility index (Phi) is 3.94. The largest absolute Gasteiger partial charge is 0.497 e. The van der Waals surface area contributed by atoms with E-state index in [0.717, 1.165) is 6.07 Å². The van der Waals surface area contributed by atoms with E-state index >= 15 is 0 Å². The SMILES string of the molecule is COc1ccc(F)c(NS(=O)(=O)c2ccccc2C)c1. The van der Waals surface area contributed by atoms with Gasteiger partial charge < -0.3 is 4.74 Å². The first-order valence-corrected chi connectivity index (χ1v) is 7.34. The number of benzene rings is 2. The highest BCUT2D eigenvalue weighted by atomic mass is 32.2. The third-order valence-corrected chi connectivity index (χ3v) is 4.33. The van der Waals surface area contributed by atoms with Crippen LogP contribution in [0.5, 0.6) is 5.75 Å². The zero-order valence-electron chi connectivity index (χ0n) is 11.1. The molecule has 0 saturated carbocycles. The first-order chi connectivity index (χ1) is 9.44. The van der Waals surface area contributed by atoms with Crippen molar-refractivity contribution in [2.75, 3.05) is 11.8 Å². The molecule has 0 spiro atoms. The second-order valence-corrected chi connectivity index (χ2v) is 5.87. The lowest BCUT2D eigenvalue weighted by molar-refractivity contribution is 0.414. The molecule has 2 aromatic carbocycles. The Hall–Kier alpha value is -2.08. The van der Waals surface area contributed by atoms with E-state index in [1.54, 1.807) is 25.1 Å². The summed E-state index contributed by atoms with van der Waals surface area (Å²) in [5.74, 6) is -0.295. The topological polar surface area (TPSA) is 55.4 Å². The molecule has 0 heterocycles. The summed E-state index contributed by atoms with van der Waals surface area (Å²) in [6, 6.07) is 10.4. The van der Waals surface area contributed by atoms with E-state index in [0.29, 0.717) is 11.3 Å². The lowest BCUT2D eigenvalue weighted by Crippen LogP contribution is -2.15. The van der Waals surface area contributed by atoms with Crippen LogP contribution in [0.3, 0.4) is 0 Å². The molecule has 0 atom stereocenters. The van der Waals surface area contributed by atoms with Crippen molar-refractivity contribution < 1.29 is 17.5 Å². The molecule has 6 heteroatoms. The first kappa shape index (κ1) is 14.3. The highest BCUT2D eigenvalue weighted by Gasteiger charge is 2.18. The zero-order valence-corrected chi connectivity index (χ0v) is 11.9. The van der Waals surface area contributed by atoms with E-state index < -0.39 is 15.8 Å². The fourth-order valence-electron chi connectivity index (χ4n) is 1.77. The van der Waals surface area contributed by atoms with E-state index in [9.17, 15) is 12.8 Å². The van der Waals surface area contributed by atoms with Crippen molar-refractivity contribution in [2.24, 2.45) is 0 Å². The minimum Gasteiger partial charge on any atom is -0.497 e. The van der Waals surface area contributed by atoms with Gasteiger partial charge in [0.2, 0.25) is 0 Å². The molecule has 0 saturated heterocycles. The van der Waals surface area contributed by atoms with Crippen molar-refractivity contribution in [3.05, 3.63) is 53.8 Å². The maximum atomic E-state index is 13.7. The van der Waals surface area contributed by atoms with Crippen LogP contribution in [0.15, 0.2) is 47.4 Å². The average molecular weight is 295 g/mol. The molecule has 0 bridgehead atoms. The lowest BCUT2D eigenvalue weighted by Gasteiger charge is -2.11. The summed E-state index contributed by atoms with van der Waals surface area (Å²) in [5.41, 5.74) is 0.441. The summed E-state index contributed by atoms with van der Waals surface area (Å²) in [6.07, 6.45) is 0. The molecule has 2 rings (SSSR count). The van der Waals surface area contributed by atoms with Crippen LogP contribution < -0.4 is 9.46 Å². The molecule has 106 valence electrons. The highest BCUT2D eigenvalue weighted by molar-refractivity contribution is 7.92. The Morgan fingerprint density at radius 1 is 1.15 bits per heavy atom. The minimum absolute atomic E-state index is 0.113. The monoisotopic (exact) mass is 295 g/mol. The number of ether oxygens (including phenoxy) is 1. The third kappa shape index (κ3) is 2.91. The van der Waals surface area contributed by atoms with Crippen molar-refractivity contribution in [2.45, 2.75) is 11.8 Å². The number of methoxy groups -OCH3 is 1. The van der Waals surface area contributed by atoms with Crippen molar-refractivity contribution in [1.82, 2.24) is 0 Å². The quantitative estimate of drug-likeness (QED) is 0.943. The van der Waals surface area contributed by atoms with E-state index in [1.807, 2.05) is 0 Å². The maximum absolute atomic E-state index is 13.7. The predicted molar refractivity (Wildman–Crippen MR) is 74.9 cm³/mol. The standard InChI is InChI=1S/C14H14FNO3S/c1-10-5-3-4-6-14(10)20(17,18)16-13-9-11(19-2)7-8-12(13)15/h3-9,16H,1-2H3. The molecule has 0 radical (unpaired) electrons. The number of halogens is 1. The van der Waals surface area contributed by atoms with Gasteiger partial charge >= 0.3 is 0 Å². The molecule has 0 aromatic heterocycles. The zero-order chi connectivity index (χ0) is 14.8.